The van der Waals surface area contributed by atoms with Gasteiger partial charge in [0.15, 0.2) is 13.2 Å². The third-order valence-electron chi connectivity index (χ3n) is 5.32. The molecule has 1 heterocycles. The summed E-state index contributed by atoms with van der Waals surface area (Å²) in [6.45, 7) is 2.59. The molecule has 1 N–H and O–H groups in total. The maximum atomic E-state index is 12.0. The van der Waals surface area contributed by atoms with E-state index in [1.165, 1.54) is 11.1 Å². The highest BCUT2D eigenvalue weighted by molar-refractivity contribution is 5.93. The van der Waals surface area contributed by atoms with Crippen LogP contribution in [0, 0.1) is 0 Å². The number of nitrogens with zero attached hydrogens (tertiary/aromatic N) is 1. The zero-order valence-corrected chi connectivity index (χ0v) is 16.9. The van der Waals surface area contributed by atoms with Gasteiger partial charge in [-0.25, -0.2) is 4.79 Å². The summed E-state index contributed by atoms with van der Waals surface area (Å²) in [6, 6.07) is 13.5. The lowest BCUT2D eigenvalue weighted by Gasteiger charge is -2.28. The number of fused-ring (bicyclic) bond motifs is 1. The number of morpholine rings is 1. The van der Waals surface area contributed by atoms with Gasteiger partial charge in [-0.05, 0) is 66.8 Å². The van der Waals surface area contributed by atoms with Crippen molar-refractivity contribution < 1.29 is 23.8 Å². The zero-order chi connectivity index (χ0) is 20.8. The number of hydrogen-bond donors (Lipinski definition) is 1. The van der Waals surface area contributed by atoms with E-state index in [1.807, 2.05) is 42.5 Å². The average molecular weight is 410 g/mol. The molecule has 4 rings (SSSR count). The lowest BCUT2D eigenvalue weighted by molar-refractivity contribution is -0.149. The molecule has 2 aliphatic rings. The quantitative estimate of drug-likeness (QED) is 0.707. The van der Waals surface area contributed by atoms with Crippen molar-refractivity contribution in [1.29, 1.82) is 0 Å². The topological polar surface area (TPSA) is 77.1 Å². The summed E-state index contributed by atoms with van der Waals surface area (Å²) >= 11 is 0. The van der Waals surface area contributed by atoms with Crippen LogP contribution in [0.4, 0.5) is 11.4 Å². The lowest BCUT2D eigenvalue weighted by Crippen LogP contribution is -2.36. The average Bonchev–Trinajstić information content (AvgIpc) is 3.25. The fourth-order valence-corrected chi connectivity index (χ4v) is 3.74. The molecule has 0 spiro atoms. The number of carbonyl (C=O) groups is 2. The number of carbonyl (C=O) groups excluding carboxylic acids is 2. The molecule has 7 heteroatoms. The highest BCUT2D eigenvalue weighted by Gasteiger charge is 2.14. The van der Waals surface area contributed by atoms with E-state index in [1.54, 1.807) is 0 Å². The maximum absolute atomic E-state index is 12.0. The van der Waals surface area contributed by atoms with Crippen LogP contribution in [0.25, 0.3) is 0 Å². The molecule has 2 aromatic carbocycles. The number of hydrogen-bond acceptors (Lipinski definition) is 6. The van der Waals surface area contributed by atoms with Crippen molar-refractivity contribution in [2.75, 3.05) is 49.7 Å². The highest BCUT2D eigenvalue weighted by atomic mass is 16.6. The van der Waals surface area contributed by atoms with Gasteiger partial charge in [0.2, 0.25) is 0 Å². The van der Waals surface area contributed by atoms with Crippen LogP contribution >= 0.6 is 0 Å². The summed E-state index contributed by atoms with van der Waals surface area (Å²) < 4.78 is 15.9. The predicted molar refractivity (Wildman–Crippen MR) is 113 cm³/mol. The van der Waals surface area contributed by atoms with Gasteiger partial charge in [0, 0.05) is 24.5 Å². The van der Waals surface area contributed by atoms with Crippen LogP contribution in [0.1, 0.15) is 17.5 Å². The number of nitrogens with one attached hydrogen (secondary N) is 1. The minimum atomic E-state index is -0.576. The molecule has 0 saturated carbocycles. The van der Waals surface area contributed by atoms with Gasteiger partial charge in [-0.2, -0.15) is 0 Å². The maximum Gasteiger partial charge on any atom is 0.344 e. The number of aryl methyl sites for hydroxylation is 2. The first-order valence-electron chi connectivity index (χ1n) is 10.3. The van der Waals surface area contributed by atoms with E-state index in [2.05, 4.69) is 10.2 Å². The molecule has 30 heavy (non-hydrogen) atoms. The van der Waals surface area contributed by atoms with Crippen LogP contribution < -0.4 is 15.0 Å². The fourth-order valence-electron chi connectivity index (χ4n) is 3.74. The van der Waals surface area contributed by atoms with Crippen LogP contribution in [0.5, 0.6) is 5.75 Å². The summed E-state index contributed by atoms with van der Waals surface area (Å²) in [4.78, 5) is 26.2. The SMILES string of the molecule is O=C(COC(=O)COc1ccc2c(c1)CCC2)Nc1ccc(N2CCOCC2)cc1. The summed E-state index contributed by atoms with van der Waals surface area (Å²) in [5, 5.41) is 2.73. The molecule has 0 bridgehead atoms. The van der Waals surface area contributed by atoms with Crippen molar-refractivity contribution in [1.82, 2.24) is 0 Å². The van der Waals surface area contributed by atoms with Gasteiger partial charge in [-0.3, -0.25) is 4.79 Å². The largest absolute Gasteiger partial charge is 0.482 e. The monoisotopic (exact) mass is 410 g/mol. The molecular formula is C23H26N2O5. The molecule has 0 radical (unpaired) electrons. The molecule has 1 saturated heterocycles. The van der Waals surface area contributed by atoms with Gasteiger partial charge >= 0.3 is 5.97 Å². The molecule has 1 aliphatic carbocycles. The van der Waals surface area contributed by atoms with Gasteiger partial charge in [-0.15, -0.1) is 0 Å². The Kier molecular flexibility index (Phi) is 6.49. The van der Waals surface area contributed by atoms with Gasteiger partial charge in [0.05, 0.1) is 13.2 Å². The number of anilines is 2. The van der Waals surface area contributed by atoms with Crippen molar-refractivity contribution in [2.45, 2.75) is 19.3 Å². The first kappa shape index (κ1) is 20.2. The Morgan fingerprint density at radius 3 is 2.53 bits per heavy atom. The van der Waals surface area contributed by atoms with Gasteiger partial charge in [0.25, 0.3) is 5.91 Å². The number of ether oxygens (including phenoxy) is 3. The highest BCUT2D eigenvalue weighted by Crippen LogP contribution is 2.26. The Bertz CT molecular complexity index is 891. The Morgan fingerprint density at radius 2 is 1.73 bits per heavy atom. The third kappa shape index (κ3) is 5.30. The molecule has 0 aromatic heterocycles. The third-order valence-corrected chi connectivity index (χ3v) is 5.32. The van der Waals surface area contributed by atoms with E-state index >= 15 is 0 Å². The molecule has 0 unspecified atom stereocenters. The second-order valence-corrected chi connectivity index (χ2v) is 7.43. The summed E-state index contributed by atoms with van der Waals surface area (Å²) in [5.41, 5.74) is 4.37. The summed E-state index contributed by atoms with van der Waals surface area (Å²) in [7, 11) is 0. The van der Waals surface area contributed by atoms with Crippen LogP contribution in [0.15, 0.2) is 42.5 Å². The van der Waals surface area contributed by atoms with Crippen molar-refractivity contribution in [2.24, 2.45) is 0 Å². The standard InChI is InChI=1S/C23H26N2O5/c26-22(24-19-5-7-20(8-6-19)25-10-12-28-13-11-25)15-30-23(27)16-29-21-9-4-17-2-1-3-18(17)14-21/h4-9,14H,1-3,10-13,15-16H2,(H,24,26). The second-order valence-electron chi connectivity index (χ2n) is 7.43. The Balaban J connectivity index is 1.18. The molecular weight excluding hydrogens is 384 g/mol. The van der Waals surface area contributed by atoms with E-state index < -0.39 is 5.97 Å². The predicted octanol–water partition coefficient (Wildman–Crippen LogP) is 2.57. The van der Waals surface area contributed by atoms with Crippen LogP contribution in [0.2, 0.25) is 0 Å². The van der Waals surface area contributed by atoms with Crippen LogP contribution in [0.3, 0.4) is 0 Å². The van der Waals surface area contributed by atoms with E-state index in [-0.39, 0.29) is 19.1 Å². The Morgan fingerprint density at radius 1 is 0.967 bits per heavy atom. The Labute approximate surface area is 175 Å². The molecule has 0 atom stereocenters. The summed E-state index contributed by atoms with van der Waals surface area (Å²) in [6.07, 6.45) is 3.30. The van der Waals surface area contributed by atoms with Gasteiger partial charge in [-0.1, -0.05) is 6.07 Å². The molecule has 2 aromatic rings. The Hall–Kier alpha value is -3.06. The van der Waals surface area contributed by atoms with Crippen molar-refractivity contribution in [3.05, 3.63) is 53.6 Å². The first-order chi connectivity index (χ1) is 14.7. The van der Waals surface area contributed by atoms with E-state index in [9.17, 15) is 9.59 Å². The van der Waals surface area contributed by atoms with Crippen LogP contribution in [-0.2, 0) is 31.9 Å². The van der Waals surface area contributed by atoms with Crippen molar-refractivity contribution >= 4 is 23.3 Å². The molecule has 158 valence electrons. The van der Waals surface area contributed by atoms with Crippen molar-refractivity contribution in [3.8, 4) is 5.75 Å². The fraction of sp³-hybridized carbons (Fsp3) is 0.391. The van der Waals surface area contributed by atoms with E-state index in [4.69, 9.17) is 14.2 Å². The number of rotatable bonds is 7. The number of benzene rings is 2. The number of amides is 1. The normalized spacial score (nSPS) is 15.4. The number of esters is 1. The zero-order valence-electron chi connectivity index (χ0n) is 16.9. The lowest BCUT2D eigenvalue weighted by atomic mass is 10.1. The molecule has 1 aliphatic heterocycles. The minimum absolute atomic E-state index is 0.222. The smallest absolute Gasteiger partial charge is 0.344 e. The van der Waals surface area contributed by atoms with Gasteiger partial charge < -0.3 is 24.4 Å². The van der Waals surface area contributed by atoms with Gasteiger partial charge in [0.1, 0.15) is 5.75 Å². The molecule has 1 fully saturated rings. The molecule has 7 nitrogen and oxygen atoms in total. The minimum Gasteiger partial charge on any atom is -0.482 e. The van der Waals surface area contributed by atoms with Crippen molar-refractivity contribution in [3.63, 3.8) is 0 Å². The van der Waals surface area contributed by atoms with E-state index in [0.717, 1.165) is 51.3 Å². The summed E-state index contributed by atoms with van der Waals surface area (Å²) in [5.74, 6) is -0.314. The van der Waals surface area contributed by atoms with Crippen LogP contribution in [-0.4, -0.2) is 51.4 Å². The molecule has 1 amide bonds. The van der Waals surface area contributed by atoms with E-state index in [0.29, 0.717) is 11.4 Å². The first-order valence-corrected chi connectivity index (χ1v) is 10.3. The second kappa shape index (κ2) is 9.63.